The van der Waals surface area contributed by atoms with Crippen molar-refractivity contribution in [1.29, 1.82) is 0 Å². The molecular weight excluding hydrogens is 564 g/mol. The number of aromatic nitrogens is 1. The van der Waals surface area contributed by atoms with Gasteiger partial charge in [0.1, 0.15) is 16.3 Å². The molecule has 2 aliphatic rings. The number of imide groups is 2. The molecule has 0 saturated carbocycles. The third-order valence-electron chi connectivity index (χ3n) is 7.82. The maximum absolute atomic E-state index is 13.7. The quantitative estimate of drug-likeness (QED) is 0.211. The second-order valence-corrected chi connectivity index (χ2v) is 11.6. The number of barbiturate groups is 1. The number of nitrogens with zero attached hydrogens (tertiary/aromatic N) is 2. The van der Waals surface area contributed by atoms with Gasteiger partial charge in [-0.3, -0.25) is 19.7 Å². The van der Waals surface area contributed by atoms with Crippen molar-refractivity contribution >= 4 is 52.5 Å². The average molecular weight is 595 g/mol. The van der Waals surface area contributed by atoms with Gasteiger partial charge < -0.3 is 14.6 Å². The number of urea groups is 1. The minimum absolute atomic E-state index is 0.163. The van der Waals surface area contributed by atoms with Crippen molar-refractivity contribution in [1.82, 2.24) is 9.88 Å². The van der Waals surface area contributed by atoms with Gasteiger partial charge >= 0.3 is 6.03 Å². The summed E-state index contributed by atoms with van der Waals surface area (Å²) in [6.07, 6.45) is 5.37. The first-order chi connectivity index (χ1) is 20.8. The number of rotatable bonds is 6. The van der Waals surface area contributed by atoms with E-state index in [1.165, 1.54) is 18.1 Å². The Labute approximate surface area is 252 Å². The zero-order valence-corrected chi connectivity index (χ0v) is 24.8. The molecule has 2 N–H and O–H groups in total. The summed E-state index contributed by atoms with van der Waals surface area (Å²) in [6, 6.07) is 16.9. The van der Waals surface area contributed by atoms with Crippen molar-refractivity contribution in [3.8, 4) is 10.8 Å². The Morgan fingerprint density at radius 2 is 1.72 bits per heavy atom. The van der Waals surface area contributed by atoms with Crippen LogP contribution in [0.5, 0.6) is 5.75 Å². The smallest absolute Gasteiger partial charge is 0.335 e. The predicted octanol–water partition coefficient (Wildman–Crippen LogP) is 5.96. The predicted molar refractivity (Wildman–Crippen MR) is 166 cm³/mol. The molecule has 3 heterocycles. The summed E-state index contributed by atoms with van der Waals surface area (Å²) in [7, 11) is 1.52. The zero-order chi connectivity index (χ0) is 30.2. The van der Waals surface area contributed by atoms with Crippen molar-refractivity contribution < 1.29 is 23.9 Å². The van der Waals surface area contributed by atoms with E-state index in [9.17, 15) is 19.2 Å². The number of amides is 5. The summed E-state index contributed by atoms with van der Waals surface area (Å²) in [5.41, 5.74) is 4.87. The SMILES string of the molecule is COc1ccc(N2C(=O)NC(=O)/C(=C\c3cc(C)n(-c4sc5c(c4C(=O)Nc4ccccc4)CCCC5)c3C)C2=O)cc1. The third kappa shape index (κ3) is 5.14. The number of benzene rings is 2. The maximum atomic E-state index is 13.7. The Balaban J connectivity index is 1.40. The molecule has 1 saturated heterocycles. The van der Waals surface area contributed by atoms with E-state index in [0.717, 1.165) is 58.2 Å². The minimum atomic E-state index is -0.818. The number of methoxy groups -OCH3 is 1. The number of fused-ring (bicyclic) bond motifs is 1. The van der Waals surface area contributed by atoms with Crippen molar-refractivity contribution in [2.75, 3.05) is 17.3 Å². The molecule has 2 aromatic carbocycles. The number of nitrogens with one attached hydrogen (secondary N) is 2. The Morgan fingerprint density at radius 3 is 2.44 bits per heavy atom. The highest BCUT2D eigenvalue weighted by Gasteiger charge is 2.37. The molecule has 0 spiro atoms. The van der Waals surface area contributed by atoms with Gasteiger partial charge in [0.2, 0.25) is 0 Å². The number of hydrogen-bond donors (Lipinski definition) is 2. The van der Waals surface area contributed by atoms with Gasteiger partial charge in [-0.2, -0.15) is 0 Å². The van der Waals surface area contributed by atoms with Crippen molar-refractivity contribution in [3.63, 3.8) is 0 Å². The maximum Gasteiger partial charge on any atom is 0.335 e. The van der Waals surface area contributed by atoms with Gasteiger partial charge in [-0.25, -0.2) is 9.69 Å². The number of ether oxygens (including phenoxy) is 1. The van der Waals surface area contributed by atoms with Crippen LogP contribution in [-0.4, -0.2) is 35.4 Å². The lowest BCUT2D eigenvalue weighted by atomic mass is 9.95. The van der Waals surface area contributed by atoms with Crippen molar-refractivity contribution in [3.05, 3.63) is 99.2 Å². The van der Waals surface area contributed by atoms with Gasteiger partial charge in [-0.1, -0.05) is 18.2 Å². The van der Waals surface area contributed by atoms with E-state index in [2.05, 4.69) is 10.6 Å². The van der Waals surface area contributed by atoms with Gasteiger partial charge in [0, 0.05) is 22.0 Å². The first-order valence-electron chi connectivity index (χ1n) is 14.0. The van der Waals surface area contributed by atoms with Gasteiger partial charge in [-0.05, 0) is 99.2 Å². The van der Waals surface area contributed by atoms with Gasteiger partial charge in [0.15, 0.2) is 0 Å². The second-order valence-electron chi connectivity index (χ2n) is 10.5. The molecule has 1 fully saturated rings. The van der Waals surface area contributed by atoms with Crippen LogP contribution >= 0.6 is 11.3 Å². The topological polar surface area (TPSA) is 110 Å². The number of aryl methyl sites for hydroxylation is 2. The monoisotopic (exact) mass is 594 g/mol. The Kier molecular flexibility index (Phi) is 7.45. The van der Waals surface area contributed by atoms with E-state index >= 15 is 0 Å². The number of carbonyl (C=O) groups is 4. The zero-order valence-electron chi connectivity index (χ0n) is 24.0. The summed E-state index contributed by atoms with van der Waals surface area (Å²) >= 11 is 1.62. The fraction of sp³-hybridized carbons (Fsp3) is 0.212. The van der Waals surface area contributed by atoms with Gasteiger partial charge in [-0.15, -0.1) is 11.3 Å². The van der Waals surface area contributed by atoms with E-state index in [-0.39, 0.29) is 11.5 Å². The van der Waals surface area contributed by atoms with Crippen LogP contribution in [0.25, 0.3) is 11.1 Å². The number of para-hydroxylation sites is 1. The normalized spacial score (nSPS) is 15.8. The van der Waals surface area contributed by atoms with Crippen LogP contribution in [0.2, 0.25) is 0 Å². The molecule has 0 bridgehead atoms. The van der Waals surface area contributed by atoms with Crippen LogP contribution < -0.4 is 20.3 Å². The van der Waals surface area contributed by atoms with Crippen LogP contribution in [-0.2, 0) is 22.4 Å². The van der Waals surface area contributed by atoms with Crippen LogP contribution in [0.15, 0.2) is 66.2 Å². The molecule has 10 heteroatoms. The largest absolute Gasteiger partial charge is 0.497 e. The summed E-state index contributed by atoms with van der Waals surface area (Å²) in [5, 5.41) is 6.15. The lowest BCUT2D eigenvalue weighted by Crippen LogP contribution is -2.54. The first-order valence-corrected chi connectivity index (χ1v) is 14.8. The molecule has 6 rings (SSSR count). The average Bonchev–Trinajstić information content (AvgIpc) is 3.51. The highest BCUT2D eigenvalue weighted by atomic mass is 32.1. The number of thiophene rings is 1. The van der Waals surface area contributed by atoms with E-state index in [1.54, 1.807) is 35.6 Å². The van der Waals surface area contributed by atoms with E-state index in [4.69, 9.17) is 4.74 Å². The molecule has 43 heavy (non-hydrogen) atoms. The Morgan fingerprint density at radius 1 is 1.00 bits per heavy atom. The summed E-state index contributed by atoms with van der Waals surface area (Å²) < 4.78 is 7.19. The van der Waals surface area contributed by atoms with Gasteiger partial charge in [0.05, 0.1) is 18.4 Å². The lowest BCUT2D eigenvalue weighted by Gasteiger charge is -2.26. The molecule has 5 amide bonds. The van der Waals surface area contributed by atoms with E-state index in [1.807, 2.05) is 54.8 Å². The highest BCUT2D eigenvalue weighted by Crippen LogP contribution is 2.39. The Hall–Kier alpha value is -4.96. The fourth-order valence-electron chi connectivity index (χ4n) is 5.68. The van der Waals surface area contributed by atoms with E-state index in [0.29, 0.717) is 22.6 Å². The molecule has 9 nitrogen and oxygen atoms in total. The number of anilines is 2. The number of carbonyl (C=O) groups excluding carboxylic acids is 4. The first kappa shape index (κ1) is 28.2. The molecule has 218 valence electrons. The standard InChI is InChI=1S/C33H30N4O5S/c1-19-17-21(18-26-29(38)35-33(41)37(31(26)40)23-13-15-24(42-3)16-14-23)20(2)36(19)32-28(25-11-7-8-12-27(25)43-32)30(39)34-22-9-5-4-6-10-22/h4-6,9-10,13-18H,7-8,11-12H2,1-3H3,(H,34,39)(H,35,38,41)/b26-18+. The molecule has 0 unspecified atom stereocenters. The molecule has 1 aliphatic heterocycles. The fourth-order valence-corrected chi connectivity index (χ4v) is 7.18. The van der Waals surface area contributed by atoms with Crippen LogP contribution in [0.1, 0.15) is 50.6 Å². The summed E-state index contributed by atoms with van der Waals surface area (Å²) in [5.74, 6) is -1.08. The van der Waals surface area contributed by atoms with Crippen LogP contribution in [0, 0.1) is 13.8 Å². The molecule has 0 radical (unpaired) electrons. The summed E-state index contributed by atoms with van der Waals surface area (Å²) in [4.78, 5) is 55.0. The Bertz CT molecular complexity index is 1800. The molecular formula is C33H30N4O5S. The van der Waals surface area contributed by atoms with Gasteiger partial charge in [0.25, 0.3) is 17.7 Å². The van der Waals surface area contributed by atoms with Crippen molar-refractivity contribution in [2.24, 2.45) is 0 Å². The van der Waals surface area contributed by atoms with Crippen molar-refractivity contribution in [2.45, 2.75) is 39.5 Å². The molecule has 2 aromatic heterocycles. The van der Waals surface area contributed by atoms with E-state index < -0.39 is 17.8 Å². The molecule has 4 aromatic rings. The molecule has 0 atom stereocenters. The minimum Gasteiger partial charge on any atom is -0.497 e. The highest BCUT2D eigenvalue weighted by molar-refractivity contribution is 7.15. The lowest BCUT2D eigenvalue weighted by molar-refractivity contribution is -0.122. The molecule has 1 aliphatic carbocycles. The second kappa shape index (κ2) is 11.4. The van der Waals surface area contributed by atoms with Crippen LogP contribution in [0.4, 0.5) is 16.2 Å². The van der Waals surface area contributed by atoms with Crippen LogP contribution in [0.3, 0.4) is 0 Å². The third-order valence-corrected chi connectivity index (χ3v) is 9.09. The summed E-state index contributed by atoms with van der Waals surface area (Å²) in [6.45, 7) is 3.83. The number of hydrogen-bond acceptors (Lipinski definition) is 6.